The zero-order valence-corrected chi connectivity index (χ0v) is 26.2. The van der Waals surface area contributed by atoms with Gasteiger partial charge < -0.3 is 20.4 Å². The molecule has 0 bridgehead atoms. The number of carboxylic acid groups (broad SMARTS) is 2. The third-order valence-electron chi connectivity index (χ3n) is 11.0. The third kappa shape index (κ3) is 5.64. The second-order valence-corrected chi connectivity index (χ2v) is 13.1. The molecule has 9 heteroatoms. The van der Waals surface area contributed by atoms with Crippen LogP contribution >= 0.6 is 0 Å². The average molecular weight is 614 g/mol. The molecule has 5 atom stereocenters. The van der Waals surface area contributed by atoms with E-state index in [0.29, 0.717) is 18.5 Å². The Morgan fingerprint density at radius 2 is 1.47 bits per heavy atom. The number of aliphatic carboxylic acids is 2. The van der Waals surface area contributed by atoms with Gasteiger partial charge in [-0.3, -0.25) is 19.7 Å². The van der Waals surface area contributed by atoms with Crippen LogP contribution in [0.25, 0.3) is 0 Å². The highest BCUT2D eigenvalue weighted by atomic mass is 16.6. The molecule has 2 aliphatic heterocycles. The van der Waals surface area contributed by atoms with Gasteiger partial charge in [0.25, 0.3) is 5.69 Å². The first kappa shape index (κ1) is 32.3. The number of benzene rings is 3. The van der Waals surface area contributed by atoms with Crippen LogP contribution in [0.4, 0.5) is 5.69 Å². The number of hydrogen-bond donors (Lipinski definition) is 3. The van der Waals surface area contributed by atoms with Gasteiger partial charge in [-0.05, 0) is 82.8 Å². The third-order valence-corrected chi connectivity index (χ3v) is 11.0. The minimum atomic E-state index is -1.53. The number of nitrogens with one attached hydrogen (secondary N) is 1. The van der Waals surface area contributed by atoms with Crippen LogP contribution in [0.3, 0.4) is 0 Å². The van der Waals surface area contributed by atoms with E-state index in [4.69, 9.17) is 0 Å². The lowest BCUT2D eigenvalue weighted by Crippen LogP contribution is -2.68. The van der Waals surface area contributed by atoms with Crippen LogP contribution < -0.4 is 5.32 Å². The monoisotopic (exact) mass is 613 g/mol. The number of nitro benzene ring substituents is 1. The SMILES string of the molecule is CC1NC(C)C(CCCN2CCC(c3ccccc3)(c3ccccc3)CC2)(C(=O)O)C(c2cccc([N+](=O)[O-])c2)C1(C)C(=O)O. The molecule has 45 heavy (non-hydrogen) atoms. The number of likely N-dealkylation sites (tertiary alicyclic amines) is 1. The standard InChI is InChI=1S/C36H43N3O6/c1-25-34(3,32(40)41)31(27-12-10-17-30(24-27)39(44)45)36(33(42)43,26(2)37-25)18-11-21-38-22-19-35(20-23-38,28-13-6-4-7-14-28)29-15-8-5-9-16-29/h4-10,12-17,24-26,31,37H,11,18-23H2,1-3H3,(H,40,41)(H,42,43). The summed E-state index contributed by atoms with van der Waals surface area (Å²) < 4.78 is 0. The number of non-ortho nitro benzene ring substituents is 1. The molecular formula is C36H43N3O6. The van der Waals surface area contributed by atoms with Crippen molar-refractivity contribution in [1.82, 2.24) is 10.2 Å². The quantitative estimate of drug-likeness (QED) is 0.185. The molecular weight excluding hydrogens is 570 g/mol. The molecule has 5 rings (SSSR count). The van der Waals surface area contributed by atoms with Gasteiger partial charge in [-0.1, -0.05) is 72.8 Å². The predicted octanol–water partition coefficient (Wildman–Crippen LogP) is 6.08. The van der Waals surface area contributed by atoms with Crippen LogP contribution in [0.15, 0.2) is 84.9 Å². The molecule has 238 valence electrons. The molecule has 3 N–H and O–H groups in total. The van der Waals surface area contributed by atoms with Crippen LogP contribution in [-0.4, -0.2) is 63.7 Å². The summed E-state index contributed by atoms with van der Waals surface area (Å²) in [5, 5.41) is 36.5. The zero-order valence-electron chi connectivity index (χ0n) is 26.2. The van der Waals surface area contributed by atoms with Crippen molar-refractivity contribution in [2.45, 2.75) is 69.9 Å². The lowest BCUT2D eigenvalue weighted by atomic mass is 9.51. The molecule has 0 aromatic heterocycles. The van der Waals surface area contributed by atoms with E-state index in [0.717, 1.165) is 25.9 Å². The van der Waals surface area contributed by atoms with E-state index < -0.39 is 45.7 Å². The fourth-order valence-corrected chi connectivity index (χ4v) is 8.29. The van der Waals surface area contributed by atoms with Gasteiger partial charge in [-0.2, -0.15) is 0 Å². The number of nitro groups is 1. The molecule has 2 fully saturated rings. The summed E-state index contributed by atoms with van der Waals surface area (Å²) in [7, 11) is 0. The minimum Gasteiger partial charge on any atom is -0.481 e. The maximum absolute atomic E-state index is 13.4. The summed E-state index contributed by atoms with van der Waals surface area (Å²) in [6.07, 6.45) is 2.61. The lowest BCUT2D eigenvalue weighted by Gasteiger charge is -2.56. The van der Waals surface area contributed by atoms with Gasteiger partial charge in [0.05, 0.1) is 15.8 Å². The maximum Gasteiger partial charge on any atom is 0.311 e. The van der Waals surface area contributed by atoms with E-state index in [1.807, 2.05) is 12.1 Å². The van der Waals surface area contributed by atoms with Gasteiger partial charge in [0.15, 0.2) is 0 Å². The second-order valence-electron chi connectivity index (χ2n) is 13.1. The zero-order chi connectivity index (χ0) is 32.4. The van der Waals surface area contributed by atoms with Crippen molar-refractivity contribution in [1.29, 1.82) is 0 Å². The molecule has 0 radical (unpaired) electrons. The maximum atomic E-state index is 13.4. The van der Waals surface area contributed by atoms with Crippen LogP contribution in [0.2, 0.25) is 0 Å². The summed E-state index contributed by atoms with van der Waals surface area (Å²) in [6.45, 7) is 7.47. The Morgan fingerprint density at radius 1 is 0.889 bits per heavy atom. The molecule has 5 unspecified atom stereocenters. The summed E-state index contributed by atoms with van der Waals surface area (Å²) in [6, 6.07) is 25.9. The Bertz CT molecular complexity index is 1480. The van der Waals surface area contributed by atoms with Crippen molar-refractivity contribution in [3.63, 3.8) is 0 Å². The molecule has 3 aromatic carbocycles. The van der Waals surface area contributed by atoms with E-state index in [9.17, 15) is 29.9 Å². The van der Waals surface area contributed by atoms with Crippen molar-refractivity contribution in [2.75, 3.05) is 19.6 Å². The molecule has 3 aromatic rings. The van der Waals surface area contributed by atoms with E-state index in [1.165, 1.54) is 29.3 Å². The molecule has 0 aliphatic carbocycles. The van der Waals surface area contributed by atoms with Crippen LogP contribution in [0.1, 0.15) is 69.1 Å². The lowest BCUT2D eigenvalue weighted by molar-refractivity contribution is -0.385. The number of nitrogens with zero attached hydrogens (tertiary/aromatic N) is 2. The Labute approximate surface area is 264 Å². The van der Waals surface area contributed by atoms with Crippen LogP contribution in [0, 0.1) is 20.9 Å². The van der Waals surface area contributed by atoms with Gasteiger partial charge in [0.1, 0.15) is 0 Å². The number of piperidine rings is 2. The topological polar surface area (TPSA) is 133 Å². The highest BCUT2D eigenvalue weighted by molar-refractivity contribution is 5.84. The van der Waals surface area contributed by atoms with Gasteiger partial charge in [-0.25, -0.2) is 0 Å². The molecule has 0 saturated carbocycles. The summed E-state index contributed by atoms with van der Waals surface area (Å²) >= 11 is 0. The largest absolute Gasteiger partial charge is 0.481 e. The second kappa shape index (κ2) is 12.7. The highest BCUT2D eigenvalue weighted by Crippen LogP contribution is 2.57. The molecule has 9 nitrogen and oxygen atoms in total. The highest BCUT2D eigenvalue weighted by Gasteiger charge is 2.65. The summed E-state index contributed by atoms with van der Waals surface area (Å²) in [5.74, 6) is -3.23. The van der Waals surface area contributed by atoms with Crippen molar-refractivity contribution in [3.8, 4) is 0 Å². The molecule has 2 aliphatic rings. The fraction of sp³-hybridized carbons (Fsp3) is 0.444. The summed E-state index contributed by atoms with van der Waals surface area (Å²) in [5.41, 5.74) is -0.375. The molecule has 0 spiro atoms. The number of carbonyl (C=O) groups is 2. The number of rotatable bonds is 10. The number of carboxylic acids is 2. The first-order valence-corrected chi connectivity index (χ1v) is 15.8. The van der Waals surface area contributed by atoms with Crippen molar-refractivity contribution in [3.05, 3.63) is 112 Å². The molecule has 2 heterocycles. The van der Waals surface area contributed by atoms with Gasteiger partial charge in [0, 0.05) is 35.5 Å². The van der Waals surface area contributed by atoms with Gasteiger partial charge in [0.2, 0.25) is 0 Å². The van der Waals surface area contributed by atoms with E-state index in [-0.39, 0.29) is 17.5 Å². The Hall–Kier alpha value is -4.08. The van der Waals surface area contributed by atoms with E-state index >= 15 is 0 Å². The first-order valence-electron chi connectivity index (χ1n) is 15.8. The normalized spacial score (nSPS) is 28.3. The van der Waals surface area contributed by atoms with Gasteiger partial charge >= 0.3 is 11.9 Å². The molecule has 0 amide bonds. The minimum absolute atomic E-state index is 0.102. The van der Waals surface area contributed by atoms with Crippen LogP contribution in [-0.2, 0) is 15.0 Å². The predicted molar refractivity (Wildman–Crippen MR) is 172 cm³/mol. The van der Waals surface area contributed by atoms with Crippen molar-refractivity contribution >= 4 is 17.6 Å². The van der Waals surface area contributed by atoms with E-state index in [1.54, 1.807) is 26.8 Å². The summed E-state index contributed by atoms with van der Waals surface area (Å²) in [4.78, 5) is 39.9. The smallest absolute Gasteiger partial charge is 0.311 e. The van der Waals surface area contributed by atoms with E-state index in [2.05, 4.69) is 58.7 Å². The Morgan fingerprint density at radius 3 is 1.98 bits per heavy atom. The van der Waals surface area contributed by atoms with Crippen molar-refractivity contribution in [2.24, 2.45) is 10.8 Å². The van der Waals surface area contributed by atoms with Gasteiger partial charge in [-0.15, -0.1) is 0 Å². The average Bonchev–Trinajstić information content (AvgIpc) is 3.04. The first-order chi connectivity index (χ1) is 21.5. The Kier molecular flexibility index (Phi) is 9.14. The number of hydrogen-bond acceptors (Lipinski definition) is 6. The van der Waals surface area contributed by atoms with Crippen molar-refractivity contribution < 1.29 is 24.7 Å². The fourth-order valence-electron chi connectivity index (χ4n) is 8.29. The Balaban J connectivity index is 1.41. The van der Waals surface area contributed by atoms with Crippen LogP contribution in [0.5, 0.6) is 0 Å². The molecule has 2 saturated heterocycles.